The molecule has 0 aliphatic carbocycles. The van der Waals surface area contributed by atoms with Gasteiger partial charge in [-0.1, -0.05) is 61.9 Å². The van der Waals surface area contributed by atoms with E-state index in [4.69, 9.17) is 16.3 Å². The molecular weight excluding hydrogens is 456 g/mol. The molecule has 1 aliphatic rings. The van der Waals surface area contributed by atoms with Crippen LogP contribution in [0, 0.1) is 5.92 Å². The number of hydrogen-bond acceptors (Lipinski definition) is 4. The molecule has 4 rings (SSSR count). The Kier molecular flexibility index (Phi) is 8.61. The Morgan fingerprint density at radius 1 is 1.09 bits per heavy atom. The zero-order valence-corrected chi connectivity index (χ0v) is 21.4. The van der Waals surface area contributed by atoms with Gasteiger partial charge >= 0.3 is 0 Å². The van der Waals surface area contributed by atoms with Crippen LogP contribution in [-0.4, -0.2) is 41.2 Å². The Morgan fingerprint density at radius 3 is 2.51 bits per heavy atom. The zero-order chi connectivity index (χ0) is 24.7. The van der Waals surface area contributed by atoms with Gasteiger partial charge in [-0.2, -0.15) is 0 Å². The van der Waals surface area contributed by atoms with E-state index in [1.54, 1.807) is 6.20 Å². The molecule has 0 unspecified atom stereocenters. The van der Waals surface area contributed by atoms with E-state index in [1.807, 2.05) is 42.6 Å². The predicted molar refractivity (Wildman–Crippen MR) is 144 cm³/mol. The van der Waals surface area contributed by atoms with Crippen molar-refractivity contribution in [3.05, 3.63) is 101 Å². The molecule has 1 aliphatic heterocycles. The van der Waals surface area contributed by atoms with Crippen molar-refractivity contribution in [3.8, 4) is 5.75 Å². The fourth-order valence-corrected chi connectivity index (χ4v) is 4.65. The minimum absolute atomic E-state index is 0.480. The molecule has 2 heterocycles. The fourth-order valence-electron chi connectivity index (χ4n) is 4.53. The SMILES string of the molecule is CC(C)COc1cccc(/C(=C\CCN2CCC(O)(c3ccc(Cl)cc3)CC2)c2cccnc2)c1. The van der Waals surface area contributed by atoms with Gasteiger partial charge in [0.15, 0.2) is 0 Å². The summed E-state index contributed by atoms with van der Waals surface area (Å²) in [7, 11) is 0. The molecule has 3 aromatic rings. The number of benzene rings is 2. The minimum Gasteiger partial charge on any atom is -0.493 e. The van der Waals surface area contributed by atoms with Crippen molar-refractivity contribution in [1.29, 1.82) is 0 Å². The lowest BCUT2D eigenvalue weighted by Gasteiger charge is -2.38. The summed E-state index contributed by atoms with van der Waals surface area (Å²) in [5.74, 6) is 1.37. The highest BCUT2D eigenvalue weighted by Gasteiger charge is 2.33. The number of ether oxygens (including phenoxy) is 1. The molecule has 0 amide bonds. The Hall–Kier alpha value is -2.66. The molecule has 5 heteroatoms. The van der Waals surface area contributed by atoms with Gasteiger partial charge in [-0.25, -0.2) is 0 Å². The Morgan fingerprint density at radius 2 is 1.83 bits per heavy atom. The van der Waals surface area contributed by atoms with Gasteiger partial charge in [-0.05, 0) is 72.2 Å². The van der Waals surface area contributed by atoms with Crippen LogP contribution < -0.4 is 4.74 Å². The van der Waals surface area contributed by atoms with Crippen molar-refractivity contribution < 1.29 is 9.84 Å². The largest absolute Gasteiger partial charge is 0.493 e. The van der Waals surface area contributed by atoms with Crippen molar-refractivity contribution >= 4 is 17.2 Å². The monoisotopic (exact) mass is 490 g/mol. The van der Waals surface area contributed by atoms with Gasteiger partial charge in [0, 0.05) is 42.6 Å². The lowest BCUT2D eigenvalue weighted by Crippen LogP contribution is -2.42. The summed E-state index contributed by atoms with van der Waals surface area (Å²) in [4.78, 5) is 6.78. The maximum absolute atomic E-state index is 11.2. The third kappa shape index (κ3) is 6.94. The number of nitrogens with zero attached hydrogens (tertiary/aromatic N) is 2. The highest BCUT2D eigenvalue weighted by Crippen LogP contribution is 2.33. The van der Waals surface area contributed by atoms with Crippen LogP contribution in [0.4, 0.5) is 0 Å². The molecule has 1 aromatic heterocycles. The molecule has 0 atom stereocenters. The van der Waals surface area contributed by atoms with Crippen molar-refractivity contribution in [2.45, 2.75) is 38.7 Å². The first-order valence-electron chi connectivity index (χ1n) is 12.5. The lowest BCUT2D eigenvalue weighted by atomic mass is 9.84. The summed E-state index contributed by atoms with van der Waals surface area (Å²) in [5, 5.41) is 11.9. The van der Waals surface area contributed by atoms with Crippen LogP contribution in [0.1, 0.15) is 49.8 Å². The topological polar surface area (TPSA) is 45.6 Å². The highest BCUT2D eigenvalue weighted by molar-refractivity contribution is 6.30. The van der Waals surface area contributed by atoms with E-state index in [9.17, 15) is 5.11 Å². The Balaban J connectivity index is 1.42. The molecule has 1 N–H and O–H groups in total. The molecule has 0 bridgehead atoms. The van der Waals surface area contributed by atoms with Gasteiger partial charge in [-0.3, -0.25) is 4.98 Å². The molecule has 0 spiro atoms. The molecule has 0 saturated carbocycles. The second-order valence-electron chi connectivity index (χ2n) is 9.76. The first kappa shape index (κ1) is 25.4. The number of hydrogen-bond donors (Lipinski definition) is 1. The fraction of sp³-hybridized carbons (Fsp3) is 0.367. The van der Waals surface area contributed by atoms with Gasteiger partial charge in [0.25, 0.3) is 0 Å². The summed E-state index contributed by atoms with van der Waals surface area (Å²) < 4.78 is 5.97. The van der Waals surface area contributed by atoms with Gasteiger partial charge in [0.2, 0.25) is 0 Å². The number of rotatable bonds is 9. The summed E-state index contributed by atoms with van der Waals surface area (Å²) in [6.45, 7) is 7.70. The third-order valence-electron chi connectivity index (χ3n) is 6.56. The van der Waals surface area contributed by atoms with Crippen molar-refractivity contribution in [2.75, 3.05) is 26.2 Å². The van der Waals surface area contributed by atoms with E-state index >= 15 is 0 Å². The first-order valence-corrected chi connectivity index (χ1v) is 12.9. The van der Waals surface area contributed by atoms with E-state index in [1.165, 1.54) is 5.57 Å². The smallest absolute Gasteiger partial charge is 0.119 e. The number of pyridine rings is 1. The first-order chi connectivity index (χ1) is 16.9. The maximum Gasteiger partial charge on any atom is 0.119 e. The summed E-state index contributed by atoms with van der Waals surface area (Å²) in [5.41, 5.74) is 3.59. The average molecular weight is 491 g/mol. The minimum atomic E-state index is -0.770. The predicted octanol–water partition coefficient (Wildman–Crippen LogP) is 6.58. The van der Waals surface area contributed by atoms with Crippen LogP contribution in [-0.2, 0) is 5.60 Å². The summed E-state index contributed by atoms with van der Waals surface area (Å²) in [6.07, 6.45) is 8.39. The van der Waals surface area contributed by atoms with E-state index < -0.39 is 5.60 Å². The van der Waals surface area contributed by atoms with E-state index in [0.717, 1.165) is 61.3 Å². The normalized spacial score (nSPS) is 16.4. The van der Waals surface area contributed by atoms with E-state index in [0.29, 0.717) is 17.5 Å². The molecule has 1 saturated heterocycles. The van der Waals surface area contributed by atoms with Crippen LogP contribution in [0.2, 0.25) is 5.02 Å². The maximum atomic E-state index is 11.2. The standard InChI is InChI=1S/C30H35ClN2O2/c1-23(2)22-35-28-8-3-6-24(20-28)29(25-7-4-16-32-21-25)9-5-17-33-18-14-30(34,15-19-33)26-10-12-27(31)13-11-26/h3-4,6-13,16,20-21,23,34H,5,14-15,17-19,22H2,1-2H3/b29-9+. The van der Waals surface area contributed by atoms with Crippen molar-refractivity contribution in [3.63, 3.8) is 0 Å². The van der Waals surface area contributed by atoms with Gasteiger partial charge < -0.3 is 14.7 Å². The molecule has 4 nitrogen and oxygen atoms in total. The Labute approximate surface area is 214 Å². The molecule has 0 radical (unpaired) electrons. The lowest BCUT2D eigenvalue weighted by molar-refractivity contribution is -0.0254. The van der Waals surface area contributed by atoms with Crippen LogP contribution >= 0.6 is 11.6 Å². The molecule has 35 heavy (non-hydrogen) atoms. The number of halogens is 1. The molecule has 184 valence electrons. The second kappa shape index (κ2) is 11.9. The quantitative estimate of drug-likeness (QED) is 0.368. The number of aromatic nitrogens is 1. The molecular formula is C30H35ClN2O2. The zero-order valence-electron chi connectivity index (χ0n) is 20.7. The third-order valence-corrected chi connectivity index (χ3v) is 6.81. The van der Waals surface area contributed by atoms with Crippen LogP contribution in [0.5, 0.6) is 5.75 Å². The van der Waals surface area contributed by atoms with Crippen LogP contribution in [0.3, 0.4) is 0 Å². The van der Waals surface area contributed by atoms with Crippen molar-refractivity contribution in [1.82, 2.24) is 9.88 Å². The highest BCUT2D eigenvalue weighted by atomic mass is 35.5. The summed E-state index contributed by atoms with van der Waals surface area (Å²) in [6, 6.07) is 20.0. The Bertz CT molecular complexity index is 1100. The molecule has 2 aromatic carbocycles. The number of aliphatic hydroxyl groups is 1. The van der Waals surface area contributed by atoms with Gasteiger partial charge in [0.1, 0.15) is 5.75 Å². The van der Waals surface area contributed by atoms with Crippen LogP contribution in [0.15, 0.2) is 79.1 Å². The van der Waals surface area contributed by atoms with Crippen molar-refractivity contribution in [2.24, 2.45) is 5.92 Å². The van der Waals surface area contributed by atoms with Gasteiger partial charge in [0.05, 0.1) is 12.2 Å². The van der Waals surface area contributed by atoms with Gasteiger partial charge in [-0.15, -0.1) is 0 Å². The van der Waals surface area contributed by atoms with E-state index in [2.05, 4.69) is 54.1 Å². The van der Waals surface area contributed by atoms with E-state index in [-0.39, 0.29) is 0 Å². The average Bonchev–Trinajstić information content (AvgIpc) is 2.87. The molecule has 1 fully saturated rings. The number of likely N-dealkylation sites (tertiary alicyclic amines) is 1. The van der Waals surface area contributed by atoms with Crippen LogP contribution in [0.25, 0.3) is 5.57 Å². The second-order valence-corrected chi connectivity index (χ2v) is 10.2. The summed E-state index contributed by atoms with van der Waals surface area (Å²) >= 11 is 6.02. The number of piperidine rings is 1.